The Hall–Kier alpha value is 0.480. The molecule has 4 bridgehead atoms. The third-order valence-electron chi connectivity index (χ3n) is 4.89. The van der Waals surface area contributed by atoms with Crippen LogP contribution in [-0.4, -0.2) is 4.32 Å². The van der Waals surface area contributed by atoms with Gasteiger partial charge >= 0.3 is 0 Å². The Kier molecular flexibility index (Phi) is 2.07. The molecule has 0 aromatic rings. The first-order valence-electron chi connectivity index (χ1n) is 6.32. The Bertz CT molecular complexity index is 232. The first-order valence-corrected chi connectivity index (χ1v) is 7.11. The van der Waals surface area contributed by atoms with Crippen molar-refractivity contribution in [3.8, 4) is 0 Å². The van der Waals surface area contributed by atoms with Gasteiger partial charge in [0.2, 0.25) is 0 Å². The van der Waals surface area contributed by atoms with Crippen molar-refractivity contribution in [3.63, 3.8) is 0 Å². The summed E-state index contributed by atoms with van der Waals surface area (Å²) >= 11 is 4.06. The molecular weight excluding hydrogens is 236 g/mol. The largest absolute Gasteiger partial charge is 0.0853 e. The van der Waals surface area contributed by atoms with Gasteiger partial charge in [-0.05, 0) is 62.2 Å². The quantitative estimate of drug-likeness (QED) is 0.638. The average Bonchev–Trinajstić information content (AvgIpc) is 1.97. The van der Waals surface area contributed by atoms with Gasteiger partial charge in [0, 0.05) is 4.32 Å². The lowest BCUT2D eigenvalue weighted by Crippen LogP contribution is -2.52. The van der Waals surface area contributed by atoms with E-state index >= 15 is 0 Å². The molecule has 2 atom stereocenters. The molecule has 0 unspecified atom stereocenters. The average molecular weight is 257 g/mol. The molecule has 0 N–H and O–H groups in total. The molecule has 0 aromatic carbocycles. The van der Waals surface area contributed by atoms with Crippen LogP contribution in [0.2, 0.25) is 0 Å². The Morgan fingerprint density at radius 3 is 2.29 bits per heavy atom. The first-order chi connectivity index (χ1) is 6.63. The third-order valence-corrected chi connectivity index (χ3v) is 5.82. The summed E-state index contributed by atoms with van der Waals surface area (Å²) in [4.78, 5) is 0. The zero-order valence-electron chi connectivity index (χ0n) is 9.19. The standard InChI is InChI=1S/C13H21Br/c1-2-3-12-5-10-4-11(6-12)8-13(14,7-10)9-12/h10-11H,2-9H2,1H3/t10-,11-,12?,13?/m1/s1. The SMILES string of the molecule is CCCC12C[C@H]3C[C@@H](CC(Br)(C3)C1)C2. The fourth-order valence-corrected chi connectivity index (χ4v) is 6.67. The summed E-state index contributed by atoms with van der Waals surface area (Å²) < 4.78 is 0.576. The highest BCUT2D eigenvalue weighted by Gasteiger charge is 2.55. The fraction of sp³-hybridized carbons (Fsp3) is 1.00. The maximum absolute atomic E-state index is 4.06. The molecule has 4 rings (SSSR count). The highest BCUT2D eigenvalue weighted by atomic mass is 79.9. The van der Waals surface area contributed by atoms with Crippen molar-refractivity contribution < 1.29 is 0 Å². The summed E-state index contributed by atoms with van der Waals surface area (Å²) in [6.45, 7) is 2.36. The molecule has 0 radical (unpaired) electrons. The van der Waals surface area contributed by atoms with E-state index in [0.717, 1.165) is 17.3 Å². The second-order valence-electron chi connectivity index (χ2n) is 6.36. The van der Waals surface area contributed by atoms with Crippen LogP contribution in [-0.2, 0) is 0 Å². The van der Waals surface area contributed by atoms with Gasteiger partial charge in [-0.15, -0.1) is 0 Å². The van der Waals surface area contributed by atoms with Crippen LogP contribution in [0.25, 0.3) is 0 Å². The Morgan fingerprint density at radius 1 is 1.14 bits per heavy atom. The number of alkyl halides is 1. The van der Waals surface area contributed by atoms with Crippen molar-refractivity contribution in [3.05, 3.63) is 0 Å². The van der Waals surface area contributed by atoms with Crippen LogP contribution < -0.4 is 0 Å². The minimum absolute atomic E-state index is 0.576. The monoisotopic (exact) mass is 256 g/mol. The van der Waals surface area contributed by atoms with Crippen LogP contribution in [0.1, 0.15) is 58.3 Å². The first kappa shape index (κ1) is 9.69. The second kappa shape index (κ2) is 2.99. The maximum atomic E-state index is 4.06. The zero-order valence-corrected chi connectivity index (χ0v) is 10.8. The summed E-state index contributed by atoms with van der Waals surface area (Å²) in [5.74, 6) is 2.14. The van der Waals surface area contributed by atoms with E-state index in [9.17, 15) is 0 Å². The van der Waals surface area contributed by atoms with E-state index in [1.165, 1.54) is 32.1 Å². The van der Waals surface area contributed by atoms with Gasteiger partial charge in [0.25, 0.3) is 0 Å². The third kappa shape index (κ3) is 1.38. The Balaban J connectivity index is 1.89. The van der Waals surface area contributed by atoms with Crippen LogP contribution in [0.5, 0.6) is 0 Å². The van der Waals surface area contributed by atoms with Gasteiger partial charge in [0.1, 0.15) is 0 Å². The molecular formula is C13H21Br. The predicted molar refractivity (Wildman–Crippen MR) is 63.7 cm³/mol. The van der Waals surface area contributed by atoms with Crippen LogP contribution in [0.3, 0.4) is 0 Å². The fourth-order valence-electron chi connectivity index (χ4n) is 5.16. The minimum atomic E-state index is 0.576. The van der Waals surface area contributed by atoms with Gasteiger partial charge < -0.3 is 0 Å². The van der Waals surface area contributed by atoms with Gasteiger partial charge in [-0.25, -0.2) is 0 Å². The highest BCUT2D eigenvalue weighted by molar-refractivity contribution is 9.10. The van der Waals surface area contributed by atoms with Crippen molar-refractivity contribution in [2.75, 3.05) is 0 Å². The van der Waals surface area contributed by atoms with Gasteiger partial charge in [0.05, 0.1) is 0 Å². The Labute approximate surface area is 96.0 Å². The summed E-state index contributed by atoms with van der Waals surface area (Å²) in [6.07, 6.45) is 12.0. The van der Waals surface area contributed by atoms with Crippen molar-refractivity contribution in [2.24, 2.45) is 17.3 Å². The van der Waals surface area contributed by atoms with Gasteiger partial charge in [-0.3, -0.25) is 0 Å². The van der Waals surface area contributed by atoms with Crippen LogP contribution in [0.15, 0.2) is 0 Å². The zero-order chi connectivity index (χ0) is 9.81. The number of rotatable bonds is 2. The normalized spacial score (nSPS) is 55.3. The van der Waals surface area contributed by atoms with E-state index in [1.807, 2.05) is 0 Å². The van der Waals surface area contributed by atoms with Crippen LogP contribution >= 0.6 is 15.9 Å². The summed E-state index contributed by atoms with van der Waals surface area (Å²) in [5.41, 5.74) is 0.766. The molecule has 4 saturated carbocycles. The van der Waals surface area contributed by atoms with Gasteiger partial charge in [0.15, 0.2) is 0 Å². The van der Waals surface area contributed by atoms with Gasteiger partial charge in [-0.2, -0.15) is 0 Å². The molecule has 0 nitrogen and oxygen atoms in total. The molecule has 4 fully saturated rings. The molecule has 0 aliphatic heterocycles. The molecule has 0 heterocycles. The van der Waals surface area contributed by atoms with E-state index in [0.29, 0.717) is 4.32 Å². The molecule has 4 aliphatic carbocycles. The van der Waals surface area contributed by atoms with E-state index in [4.69, 9.17) is 0 Å². The van der Waals surface area contributed by atoms with E-state index in [-0.39, 0.29) is 0 Å². The van der Waals surface area contributed by atoms with E-state index in [2.05, 4.69) is 22.9 Å². The van der Waals surface area contributed by atoms with Gasteiger partial charge in [-0.1, -0.05) is 29.3 Å². The second-order valence-corrected chi connectivity index (χ2v) is 8.04. The number of hydrogen-bond acceptors (Lipinski definition) is 0. The molecule has 0 amide bonds. The Morgan fingerprint density at radius 2 is 1.79 bits per heavy atom. The highest BCUT2D eigenvalue weighted by Crippen LogP contribution is 2.65. The summed E-state index contributed by atoms with van der Waals surface area (Å²) in [7, 11) is 0. The molecule has 0 spiro atoms. The molecule has 80 valence electrons. The molecule has 1 heteroatoms. The van der Waals surface area contributed by atoms with Crippen molar-refractivity contribution in [1.82, 2.24) is 0 Å². The van der Waals surface area contributed by atoms with E-state index < -0.39 is 0 Å². The van der Waals surface area contributed by atoms with Crippen molar-refractivity contribution in [2.45, 2.75) is 62.6 Å². The lowest BCUT2D eigenvalue weighted by atomic mass is 9.48. The summed E-state index contributed by atoms with van der Waals surface area (Å²) in [6, 6.07) is 0. The maximum Gasteiger partial charge on any atom is 0.0268 e. The van der Waals surface area contributed by atoms with E-state index in [1.54, 1.807) is 19.3 Å². The number of hydrogen-bond donors (Lipinski definition) is 0. The van der Waals surface area contributed by atoms with Crippen LogP contribution in [0.4, 0.5) is 0 Å². The smallest absolute Gasteiger partial charge is 0.0268 e. The minimum Gasteiger partial charge on any atom is -0.0853 e. The molecule has 4 aliphatic rings. The summed E-state index contributed by atoms with van der Waals surface area (Å²) in [5, 5.41) is 0. The molecule has 0 saturated heterocycles. The van der Waals surface area contributed by atoms with Crippen molar-refractivity contribution >= 4 is 15.9 Å². The molecule has 14 heavy (non-hydrogen) atoms. The predicted octanol–water partition coefficient (Wildman–Crippen LogP) is 4.52. The van der Waals surface area contributed by atoms with Crippen molar-refractivity contribution in [1.29, 1.82) is 0 Å². The van der Waals surface area contributed by atoms with Crippen LogP contribution in [0, 0.1) is 17.3 Å². The molecule has 0 aromatic heterocycles. The topological polar surface area (TPSA) is 0 Å². The lowest BCUT2D eigenvalue weighted by Gasteiger charge is -2.60. The number of halogens is 1. The lowest BCUT2D eigenvalue weighted by molar-refractivity contribution is -0.0402.